The fraction of sp³-hybridized carbons (Fsp3) is 0.0952. The van der Waals surface area contributed by atoms with Crippen LogP contribution in [0.3, 0.4) is 0 Å². The van der Waals surface area contributed by atoms with Crippen molar-refractivity contribution in [1.29, 1.82) is 0 Å². The lowest BCUT2D eigenvalue weighted by Gasteiger charge is -2.11. The summed E-state index contributed by atoms with van der Waals surface area (Å²) in [5, 5.41) is 14.0. The molecule has 0 bridgehead atoms. The van der Waals surface area contributed by atoms with Gasteiger partial charge in [0.15, 0.2) is 6.61 Å². The van der Waals surface area contributed by atoms with E-state index in [-0.39, 0.29) is 18.0 Å². The van der Waals surface area contributed by atoms with Gasteiger partial charge in [0.1, 0.15) is 17.2 Å². The summed E-state index contributed by atoms with van der Waals surface area (Å²) in [4.78, 5) is 22.8. The normalized spacial score (nSPS) is 10.3. The summed E-state index contributed by atoms with van der Waals surface area (Å²) in [7, 11) is 1.40. The van der Waals surface area contributed by atoms with E-state index in [2.05, 4.69) is 5.32 Å². The van der Waals surface area contributed by atoms with Crippen LogP contribution in [0.5, 0.6) is 11.5 Å². The lowest BCUT2D eigenvalue weighted by atomic mass is 10.1. The Morgan fingerprint density at radius 2 is 1.83 bits per heavy atom. The summed E-state index contributed by atoms with van der Waals surface area (Å²) in [5.74, 6) is 0.100. The predicted molar refractivity (Wildman–Crippen MR) is 111 cm³/mol. The van der Waals surface area contributed by atoms with Crippen molar-refractivity contribution in [2.24, 2.45) is 0 Å². The van der Waals surface area contributed by atoms with Gasteiger partial charge in [0.25, 0.3) is 11.6 Å². The molecule has 3 rings (SSSR count). The van der Waals surface area contributed by atoms with Crippen LogP contribution in [0.25, 0.3) is 11.1 Å². The molecule has 0 aliphatic heterocycles. The van der Waals surface area contributed by atoms with Gasteiger partial charge in [-0.25, -0.2) is 0 Å². The zero-order valence-electron chi connectivity index (χ0n) is 15.4. The van der Waals surface area contributed by atoms with Crippen LogP contribution >= 0.6 is 11.6 Å². The van der Waals surface area contributed by atoms with E-state index in [4.69, 9.17) is 21.1 Å². The van der Waals surface area contributed by atoms with E-state index in [0.29, 0.717) is 16.5 Å². The number of anilines is 1. The first-order chi connectivity index (χ1) is 14.0. The molecule has 8 heteroatoms. The Balaban J connectivity index is 1.66. The minimum atomic E-state index is -0.599. The number of carbonyl (C=O) groups excluding carboxylic acids is 1. The molecule has 0 heterocycles. The molecule has 1 amide bonds. The largest absolute Gasteiger partial charge is 0.496 e. The second kappa shape index (κ2) is 9.07. The molecular formula is C21H17ClN2O5. The highest BCUT2D eigenvalue weighted by molar-refractivity contribution is 6.32. The molecule has 0 saturated heterocycles. The standard InChI is InChI=1S/C21H17ClN2O5/c1-28-16-8-9-18(19(12-16)24(26)27)23-21(25)13-29-20-10-7-15(11-17(20)22)14-5-3-2-4-6-14/h2-12H,13H2,1H3,(H,23,25). The number of hydrogen-bond acceptors (Lipinski definition) is 5. The van der Waals surface area contributed by atoms with Gasteiger partial charge in [-0.05, 0) is 35.4 Å². The molecule has 0 unspecified atom stereocenters. The van der Waals surface area contributed by atoms with E-state index in [9.17, 15) is 14.9 Å². The van der Waals surface area contributed by atoms with Gasteiger partial charge in [-0.15, -0.1) is 0 Å². The number of hydrogen-bond donors (Lipinski definition) is 1. The quantitative estimate of drug-likeness (QED) is 0.438. The summed E-state index contributed by atoms with van der Waals surface area (Å²) >= 11 is 6.26. The monoisotopic (exact) mass is 412 g/mol. The number of nitrogens with one attached hydrogen (secondary N) is 1. The number of rotatable bonds is 7. The number of amides is 1. The first kappa shape index (κ1) is 20.2. The smallest absolute Gasteiger partial charge is 0.296 e. The SMILES string of the molecule is COc1ccc(NC(=O)COc2ccc(-c3ccccc3)cc2Cl)c([N+](=O)[O-])c1. The van der Waals surface area contributed by atoms with Crippen LogP contribution in [-0.4, -0.2) is 24.5 Å². The number of nitro groups is 1. The number of carbonyl (C=O) groups is 1. The molecule has 148 valence electrons. The predicted octanol–water partition coefficient (Wildman–Crippen LogP) is 4.94. The molecule has 0 radical (unpaired) electrons. The van der Waals surface area contributed by atoms with Crippen LogP contribution in [0.1, 0.15) is 0 Å². The van der Waals surface area contributed by atoms with E-state index in [1.807, 2.05) is 36.4 Å². The Morgan fingerprint density at radius 1 is 1.07 bits per heavy atom. The maximum absolute atomic E-state index is 12.2. The zero-order valence-corrected chi connectivity index (χ0v) is 16.2. The number of methoxy groups -OCH3 is 1. The molecular weight excluding hydrogens is 396 g/mol. The van der Waals surface area contributed by atoms with E-state index < -0.39 is 10.8 Å². The highest BCUT2D eigenvalue weighted by Crippen LogP contribution is 2.31. The van der Waals surface area contributed by atoms with Crippen LogP contribution in [0.4, 0.5) is 11.4 Å². The fourth-order valence-corrected chi connectivity index (χ4v) is 2.89. The Kier molecular flexibility index (Phi) is 6.31. The second-order valence-corrected chi connectivity index (χ2v) is 6.40. The Bertz CT molecular complexity index is 1040. The molecule has 0 aliphatic carbocycles. The van der Waals surface area contributed by atoms with E-state index in [0.717, 1.165) is 11.1 Å². The number of nitrogens with zero attached hydrogens (tertiary/aromatic N) is 1. The molecule has 1 N–H and O–H groups in total. The van der Waals surface area contributed by atoms with Gasteiger partial charge in [-0.3, -0.25) is 14.9 Å². The minimum Gasteiger partial charge on any atom is -0.496 e. The van der Waals surface area contributed by atoms with Gasteiger partial charge in [-0.2, -0.15) is 0 Å². The fourth-order valence-electron chi connectivity index (χ4n) is 2.65. The van der Waals surface area contributed by atoms with Crippen LogP contribution in [0.15, 0.2) is 66.7 Å². The highest BCUT2D eigenvalue weighted by atomic mass is 35.5. The Hall–Kier alpha value is -3.58. The molecule has 7 nitrogen and oxygen atoms in total. The van der Waals surface area contributed by atoms with Crippen molar-refractivity contribution in [3.8, 4) is 22.6 Å². The number of halogens is 1. The number of benzene rings is 3. The Morgan fingerprint density at radius 3 is 2.48 bits per heavy atom. The van der Waals surface area contributed by atoms with E-state index in [1.165, 1.54) is 25.3 Å². The summed E-state index contributed by atoms with van der Waals surface area (Å²) < 4.78 is 10.4. The summed E-state index contributed by atoms with van der Waals surface area (Å²) in [6.45, 7) is -0.354. The van der Waals surface area contributed by atoms with Crippen molar-refractivity contribution in [2.45, 2.75) is 0 Å². The maximum atomic E-state index is 12.2. The molecule has 0 aliphatic rings. The summed E-state index contributed by atoms with van der Waals surface area (Å²) in [6.07, 6.45) is 0. The second-order valence-electron chi connectivity index (χ2n) is 5.99. The third-order valence-corrected chi connectivity index (χ3v) is 4.37. The molecule has 29 heavy (non-hydrogen) atoms. The third-order valence-electron chi connectivity index (χ3n) is 4.07. The molecule has 3 aromatic rings. The van der Waals surface area contributed by atoms with Crippen molar-refractivity contribution >= 4 is 28.9 Å². The third kappa shape index (κ3) is 5.03. The Labute approximate surface area is 172 Å². The van der Waals surface area contributed by atoms with Crippen molar-refractivity contribution in [3.63, 3.8) is 0 Å². The number of nitro benzene ring substituents is 1. The molecule has 0 atom stereocenters. The first-order valence-electron chi connectivity index (χ1n) is 8.58. The first-order valence-corrected chi connectivity index (χ1v) is 8.96. The van der Waals surface area contributed by atoms with E-state index >= 15 is 0 Å². The molecule has 3 aromatic carbocycles. The van der Waals surface area contributed by atoms with Gasteiger partial charge in [0, 0.05) is 0 Å². The van der Waals surface area contributed by atoms with Gasteiger partial charge in [0.2, 0.25) is 0 Å². The molecule has 0 spiro atoms. The van der Waals surface area contributed by atoms with Gasteiger partial charge >= 0.3 is 0 Å². The highest BCUT2D eigenvalue weighted by Gasteiger charge is 2.17. The average molecular weight is 413 g/mol. The van der Waals surface area contributed by atoms with Crippen LogP contribution < -0.4 is 14.8 Å². The minimum absolute atomic E-state index is 0.0509. The molecule has 0 aromatic heterocycles. The average Bonchev–Trinajstić information content (AvgIpc) is 2.73. The van der Waals surface area contributed by atoms with Crippen LogP contribution in [-0.2, 0) is 4.79 Å². The van der Waals surface area contributed by atoms with Gasteiger partial charge in [0.05, 0.1) is 23.1 Å². The molecule has 0 saturated carbocycles. The van der Waals surface area contributed by atoms with Crippen molar-refractivity contribution in [2.75, 3.05) is 19.0 Å². The van der Waals surface area contributed by atoms with Crippen molar-refractivity contribution in [1.82, 2.24) is 0 Å². The lowest BCUT2D eigenvalue weighted by Crippen LogP contribution is -2.20. The molecule has 0 fully saturated rings. The van der Waals surface area contributed by atoms with Gasteiger partial charge < -0.3 is 14.8 Å². The van der Waals surface area contributed by atoms with Crippen molar-refractivity contribution < 1.29 is 19.2 Å². The summed E-state index contributed by atoms with van der Waals surface area (Å²) in [6, 6.07) is 19.1. The maximum Gasteiger partial charge on any atom is 0.296 e. The van der Waals surface area contributed by atoms with Crippen LogP contribution in [0, 0.1) is 10.1 Å². The van der Waals surface area contributed by atoms with Crippen molar-refractivity contribution in [3.05, 3.63) is 81.9 Å². The summed E-state index contributed by atoms with van der Waals surface area (Å²) in [5.41, 5.74) is 1.70. The van der Waals surface area contributed by atoms with Crippen LogP contribution in [0.2, 0.25) is 5.02 Å². The lowest BCUT2D eigenvalue weighted by molar-refractivity contribution is -0.384. The van der Waals surface area contributed by atoms with E-state index in [1.54, 1.807) is 12.1 Å². The zero-order chi connectivity index (χ0) is 20.8. The number of ether oxygens (including phenoxy) is 2. The van der Waals surface area contributed by atoms with Gasteiger partial charge in [-0.1, -0.05) is 48.0 Å². The topological polar surface area (TPSA) is 90.7 Å².